The molecule has 1 amide bonds. The SMILES string of the molecule is COC(=O)C[C@@H]1C[C@@H](COc2ccc(-c3ccc(C(=N)N)cc3)cc2Br)NC1=O.Cl. The van der Waals surface area contributed by atoms with Crippen molar-refractivity contribution in [1.82, 2.24) is 5.32 Å². The molecule has 0 radical (unpaired) electrons. The molecule has 30 heavy (non-hydrogen) atoms. The van der Waals surface area contributed by atoms with Gasteiger partial charge < -0.3 is 20.5 Å². The van der Waals surface area contributed by atoms with Gasteiger partial charge in [-0.1, -0.05) is 30.3 Å². The van der Waals surface area contributed by atoms with Crippen molar-refractivity contribution in [2.24, 2.45) is 11.7 Å². The van der Waals surface area contributed by atoms with Crippen molar-refractivity contribution in [1.29, 1.82) is 5.41 Å². The Labute approximate surface area is 189 Å². The maximum Gasteiger partial charge on any atom is 0.306 e. The van der Waals surface area contributed by atoms with Gasteiger partial charge in [0, 0.05) is 5.56 Å². The number of esters is 1. The summed E-state index contributed by atoms with van der Waals surface area (Å²) < 4.78 is 11.3. The molecule has 0 saturated carbocycles. The molecule has 1 aliphatic heterocycles. The van der Waals surface area contributed by atoms with Crippen LogP contribution in [0.25, 0.3) is 11.1 Å². The fraction of sp³-hybridized carbons (Fsp3) is 0.286. The van der Waals surface area contributed by atoms with Crippen LogP contribution in [0.3, 0.4) is 0 Å². The van der Waals surface area contributed by atoms with Crippen LogP contribution in [0.15, 0.2) is 46.9 Å². The smallest absolute Gasteiger partial charge is 0.306 e. The van der Waals surface area contributed by atoms with Crippen molar-refractivity contribution >= 4 is 46.0 Å². The number of amides is 1. The van der Waals surface area contributed by atoms with Crippen LogP contribution < -0.4 is 15.8 Å². The van der Waals surface area contributed by atoms with E-state index in [1.165, 1.54) is 7.11 Å². The molecule has 160 valence electrons. The largest absolute Gasteiger partial charge is 0.490 e. The van der Waals surface area contributed by atoms with Gasteiger partial charge in [-0.3, -0.25) is 15.0 Å². The highest BCUT2D eigenvalue weighted by molar-refractivity contribution is 9.10. The first-order valence-electron chi connectivity index (χ1n) is 9.11. The highest BCUT2D eigenvalue weighted by atomic mass is 79.9. The Morgan fingerprint density at radius 2 is 1.90 bits per heavy atom. The molecule has 7 nitrogen and oxygen atoms in total. The molecule has 1 saturated heterocycles. The first kappa shape index (κ1) is 23.7. The maximum absolute atomic E-state index is 12.0. The predicted molar refractivity (Wildman–Crippen MR) is 120 cm³/mol. The minimum atomic E-state index is -0.388. The molecule has 0 spiro atoms. The second-order valence-corrected chi connectivity index (χ2v) is 7.72. The summed E-state index contributed by atoms with van der Waals surface area (Å²) in [5.41, 5.74) is 8.16. The lowest BCUT2D eigenvalue weighted by Gasteiger charge is -2.14. The van der Waals surface area contributed by atoms with Gasteiger partial charge in [-0.05, 0) is 45.6 Å². The van der Waals surface area contributed by atoms with E-state index in [-0.39, 0.29) is 48.5 Å². The lowest BCUT2D eigenvalue weighted by molar-refractivity contribution is -0.143. The van der Waals surface area contributed by atoms with E-state index in [1.807, 2.05) is 42.5 Å². The highest BCUT2D eigenvalue weighted by Gasteiger charge is 2.34. The summed E-state index contributed by atoms with van der Waals surface area (Å²) in [6.45, 7) is 0.314. The van der Waals surface area contributed by atoms with Crippen LogP contribution >= 0.6 is 28.3 Å². The van der Waals surface area contributed by atoms with Crippen molar-refractivity contribution in [3.05, 3.63) is 52.5 Å². The van der Waals surface area contributed by atoms with Crippen molar-refractivity contribution in [3.63, 3.8) is 0 Å². The number of halogens is 2. The number of carbonyl (C=O) groups excluding carboxylic acids is 2. The van der Waals surface area contributed by atoms with Gasteiger partial charge in [0.2, 0.25) is 5.91 Å². The van der Waals surface area contributed by atoms with Crippen LogP contribution in [-0.4, -0.2) is 37.5 Å². The summed E-state index contributed by atoms with van der Waals surface area (Å²) in [4.78, 5) is 23.4. The first-order chi connectivity index (χ1) is 13.9. The Bertz CT molecular complexity index is 936. The number of benzene rings is 2. The van der Waals surface area contributed by atoms with Crippen LogP contribution in [0, 0.1) is 11.3 Å². The van der Waals surface area contributed by atoms with Gasteiger partial charge in [-0.2, -0.15) is 0 Å². The zero-order valence-electron chi connectivity index (χ0n) is 16.3. The third-order valence-electron chi connectivity index (χ3n) is 4.83. The summed E-state index contributed by atoms with van der Waals surface area (Å²) >= 11 is 3.53. The highest BCUT2D eigenvalue weighted by Crippen LogP contribution is 2.31. The molecule has 0 aromatic heterocycles. The minimum absolute atomic E-state index is 0. The molecule has 9 heteroatoms. The summed E-state index contributed by atoms with van der Waals surface area (Å²) in [5, 5.41) is 10.3. The molecule has 2 aromatic carbocycles. The molecule has 0 unspecified atom stereocenters. The Balaban J connectivity index is 0.00000320. The number of rotatable bonds is 7. The van der Waals surface area contributed by atoms with Gasteiger partial charge in [-0.15, -0.1) is 12.4 Å². The molecular formula is C21H23BrClN3O4. The number of nitrogens with one attached hydrogen (secondary N) is 2. The molecule has 0 aliphatic carbocycles. The Hall–Kier alpha value is -2.58. The predicted octanol–water partition coefficient (Wildman–Crippen LogP) is 3.27. The number of hydrogen-bond acceptors (Lipinski definition) is 5. The van der Waals surface area contributed by atoms with E-state index in [9.17, 15) is 9.59 Å². The minimum Gasteiger partial charge on any atom is -0.490 e. The molecule has 3 rings (SSSR count). The van der Waals surface area contributed by atoms with Crippen LogP contribution in [0.5, 0.6) is 5.75 Å². The lowest BCUT2D eigenvalue weighted by atomic mass is 10.0. The van der Waals surface area contributed by atoms with Gasteiger partial charge in [0.25, 0.3) is 0 Å². The van der Waals surface area contributed by atoms with Gasteiger partial charge in [0.15, 0.2) is 0 Å². The number of methoxy groups -OCH3 is 1. The van der Waals surface area contributed by atoms with Crippen molar-refractivity contribution in [3.8, 4) is 16.9 Å². The first-order valence-corrected chi connectivity index (χ1v) is 9.91. The van der Waals surface area contributed by atoms with Crippen LogP contribution in [0.4, 0.5) is 0 Å². The normalized spacial score (nSPS) is 17.6. The number of nitrogens with two attached hydrogens (primary N) is 1. The zero-order chi connectivity index (χ0) is 21.0. The molecule has 2 atom stereocenters. The monoisotopic (exact) mass is 495 g/mol. The molecule has 2 aromatic rings. The molecule has 0 bridgehead atoms. The maximum atomic E-state index is 12.0. The zero-order valence-corrected chi connectivity index (χ0v) is 18.7. The fourth-order valence-corrected chi connectivity index (χ4v) is 3.72. The fourth-order valence-electron chi connectivity index (χ4n) is 3.23. The van der Waals surface area contributed by atoms with E-state index < -0.39 is 0 Å². The number of ether oxygens (including phenoxy) is 2. The molecule has 4 N–H and O–H groups in total. The third-order valence-corrected chi connectivity index (χ3v) is 5.45. The average molecular weight is 497 g/mol. The summed E-state index contributed by atoms with van der Waals surface area (Å²) in [7, 11) is 1.31. The standard InChI is InChI=1S/C21H22BrN3O4.ClH/c1-28-19(26)10-15-8-16(25-21(15)27)11-29-18-7-6-14(9-17(18)22)12-2-4-13(5-3-12)20(23)24;/h2-7,9,15-16H,8,10-11H2,1H3,(H3,23,24)(H,25,27);1H/t15-,16-;/m0./s1. The lowest BCUT2D eigenvalue weighted by Crippen LogP contribution is -2.31. The summed E-state index contributed by atoms with van der Waals surface area (Å²) in [6, 6.07) is 13.0. The third kappa shape index (κ3) is 5.73. The second kappa shape index (κ2) is 10.4. The van der Waals surface area contributed by atoms with E-state index in [4.69, 9.17) is 15.9 Å². The summed E-state index contributed by atoms with van der Waals surface area (Å²) in [6.07, 6.45) is 0.617. The van der Waals surface area contributed by atoms with Gasteiger partial charge in [0.05, 0.1) is 30.0 Å². The molecule has 1 heterocycles. The number of amidine groups is 1. The second-order valence-electron chi connectivity index (χ2n) is 6.87. The van der Waals surface area contributed by atoms with Crippen molar-refractivity contribution < 1.29 is 19.1 Å². The topological polar surface area (TPSA) is 114 Å². The van der Waals surface area contributed by atoms with Crippen LogP contribution in [0.2, 0.25) is 0 Å². The van der Waals surface area contributed by atoms with Crippen molar-refractivity contribution in [2.45, 2.75) is 18.9 Å². The van der Waals surface area contributed by atoms with Gasteiger partial charge >= 0.3 is 5.97 Å². The van der Waals surface area contributed by atoms with E-state index in [0.717, 1.165) is 15.6 Å². The van der Waals surface area contributed by atoms with Crippen LogP contribution in [-0.2, 0) is 14.3 Å². The molecular weight excluding hydrogens is 474 g/mol. The Morgan fingerprint density at radius 1 is 1.23 bits per heavy atom. The Morgan fingerprint density at radius 3 is 2.50 bits per heavy atom. The van der Waals surface area contributed by atoms with E-state index >= 15 is 0 Å². The number of nitrogen functional groups attached to an aromatic ring is 1. The van der Waals surface area contributed by atoms with Crippen LogP contribution in [0.1, 0.15) is 18.4 Å². The quantitative estimate of drug-likeness (QED) is 0.309. The van der Waals surface area contributed by atoms with Crippen molar-refractivity contribution in [2.75, 3.05) is 13.7 Å². The Kier molecular flexibility index (Phi) is 8.25. The van der Waals surface area contributed by atoms with E-state index in [0.29, 0.717) is 24.3 Å². The van der Waals surface area contributed by atoms with Gasteiger partial charge in [0.1, 0.15) is 18.2 Å². The van der Waals surface area contributed by atoms with Gasteiger partial charge in [-0.25, -0.2) is 0 Å². The number of carbonyl (C=O) groups is 2. The summed E-state index contributed by atoms with van der Waals surface area (Å²) in [5.74, 6) is -0.206. The molecule has 1 fully saturated rings. The number of hydrogen-bond donors (Lipinski definition) is 3. The van der Waals surface area contributed by atoms with E-state index in [1.54, 1.807) is 0 Å². The molecule has 1 aliphatic rings. The average Bonchev–Trinajstić information content (AvgIpc) is 3.06. The van der Waals surface area contributed by atoms with E-state index in [2.05, 4.69) is 26.0 Å².